The molecule has 0 saturated heterocycles. The van der Waals surface area contributed by atoms with Gasteiger partial charge in [0.2, 0.25) is 5.91 Å². The highest BCUT2D eigenvalue weighted by Gasteiger charge is 2.18. The Bertz CT molecular complexity index is 540. The van der Waals surface area contributed by atoms with Gasteiger partial charge in [-0.3, -0.25) is 4.79 Å². The standard InChI is InChI=1S/C9H8FNO4S/c10-16(13,14)6-1-2-8-7(5-6)11-9(12)3-4-15-8/h1-2,5H,3-4H2,(H,11,12). The van der Waals surface area contributed by atoms with E-state index < -0.39 is 15.1 Å². The van der Waals surface area contributed by atoms with Gasteiger partial charge in [0.25, 0.3) is 0 Å². The molecule has 86 valence electrons. The van der Waals surface area contributed by atoms with Gasteiger partial charge in [-0.25, -0.2) is 0 Å². The average Bonchev–Trinajstić information content (AvgIpc) is 2.35. The van der Waals surface area contributed by atoms with E-state index >= 15 is 0 Å². The molecule has 0 aliphatic carbocycles. The van der Waals surface area contributed by atoms with Crippen molar-refractivity contribution in [2.45, 2.75) is 11.3 Å². The summed E-state index contributed by atoms with van der Waals surface area (Å²) in [7, 11) is -4.77. The van der Waals surface area contributed by atoms with Gasteiger partial charge in [-0.1, -0.05) is 0 Å². The van der Waals surface area contributed by atoms with E-state index in [1.807, 2.05) is 0 Å². The molecule has 1 N–H and O–H groups in total. The van der Waals surface area contributed by atoms with Crippen LogP contribution >= 0.6 is 0 Å². The molecule has 0 atom stereocenters. The lowest BCUT2D eigenvalue weighted by Gasteiger charge is -2.07. The molecule has 0 aromatic heterocycles. The predicted octanol–water partition coefficient (Wildman–Crippen LogP) is 1.07. The highest BCUT2D eigenvalue weighted by atomic mass is 32.3. The zero-order valence-electron chi connectivity index (χ0n) is 8.07. The first kappa shape index (κ1) is 10.9. The molecule has 1 amide bonds. The van der Waals surface area contributed by atoms with Gasteiger partial charge < -0.3 is 10.1 Å². The fourth-order valence-electron chi connectivity index (χ4n) is 1.35. The second kappa shape index (κ2) is 3.75. The topological polar surface area (TPSA) is 72.5 Å². The molecular weight excluding hydrogens is 237 g/mol. The van der Waals surface area contributed by atoms with Crippen LogP contribution in [0.2, 0.25) is 0 Å². The Morgan fingerprint density at radius 2 is 2.12 bits per heavy atom. The number of benzene rings is 1. The second-order valence-electron chi connectivity index (χ2n) is 3.24. The highest BCUT2D eigenvalue weighted by Crippen LogP contribution is 2.30. The zero-order chi connectivity index (χ0) is 11.8. The largest absolute Gasteiger partial charge is 0.491 e. The zero-order valence-corrected chi connectivity index (χ0v) is 8.88. The quantitative estimate of drug-likeness (QED) is 0.751. The lowest BCUT2D eigenvalue weighted by molar-refractivity contribution is -0.116. The van der Waals surface area contributed by atoms with E-state index in [4.69, 9.17) is 4.74 Å². The van der Waals surface area contributed by atoms with E-state index in [-0.39, 0.29) is 24.6 Å². The molecule has 16 heavy (non-hydrogen) atoms. The Balaban J connectivity index is 2.49. The molecule has 1 aliphatic rings. The van der Waals surface area contributed by atoms with Crippen LogP contribution in [0.25, 0.3) is 0 Å². The molecule has 1 aromatic carbocycles. The summed E-state index contributed by atoms with van der Waals surface area (Å²) in [5.41, 5.74) is 0.168. The smallest absolute Gasteiger partial charge is 0.332 e. The summed E-state index contributed by atoms with van der Waals surface area (Å²) >= 11 is 0. The summed E-state index contributed by atoms with van der Waals surface area (Å²) in [5, 5.41) is 2.44. The van der Waals surface area contributed by atoms with E-state index in [1.165, 1.54) is 6.07 Å². The van der Waals surface area contributed by atoms with Crippen LogP contribution in [0.15, 0.2) is 23.1 Å². The molecule has 0 unspecified atom stereocenters. The lowest BCUT2D eigenvalue weighted by Crippen LogP contribution is -2.10. The van der Waals surface area contributed by atoms with Crippen LogP contribution in [0.4, 0.5) is 9.57 Å². The first-order valence-corrected chi connectivity index (χ1v) is 5.86. The van der Waals surface area contributed by atoms with E-state index in [1.54, 1.807) is 0 Å². The predicted molar refractivity (Wildman–Crippen MR) is 53.5 cm³/mol. The Labute approximate surface area is 91.4 Å². The van der Waals surface area contributed by atoms with Crippen LogP contribution in [-0.4, -0.2) is 20.9 Å². The number of fused-ring (bicyclic) bond motifs is 1. The van der Waals surface area contributed by atoms with Crippen LogP contribution in [0.3, 0.4) is 0 Å². The number of anilines is 1. The van der Waals surface area contributed by atoms with Crippen LogP contribution in [-0.2, 0) is 15.0 Å². The third kappa shape index (κ3) is 2.13. The Morgan fingerprint density at radius 1 is 1.38 bits per heavy atom. The van der Waals surface area contributed by atoms with E-state index in [9.17, 15) is 17.1 Å². The molecule has 0 fully saturated rings. The van der Waals surface area contributed by atoms with Gasteiger partial charge in [-0.2, -0.15) is 8.42 Å². The molecule has 0 radical (unpaired) electrons. The third-order valence-corrected chi connectivity index (χ3v) is 2.91. The molecule has 0 saturated carbocycles. The number of carbonyl (C=O) groups is 1. The minimum absolute atomic E-state index is 0.168. The van der Waals surface area contributed by atoms with E-state index in [0.717, 1.165) is 12.1 Å². The van der Waals surface area contributed by atoms with Gasteiger partial charge in [0.15, 0.2) is 0 Å². The van der Waals surface area contributed by atoms with Crippen LogP contribution < -0.4 is 10.1 Å². The minimum atomic E-state index is -4.77. The first-order chi connectivity index (χ1) is 7.47. The lowest BCUT2D eigenvalue weighted by atomic mass is 10.3. The van der Waals surface area contributed by atoms with Crippen LogP contribution in [0.5, 0.6) is 5.75 Å². The Hall–Kier alpha value is -1.63. The molecule has 2 rings (SSSR count). The summed E-state index contributed by atoms with van der Waals surface area (Å²) in [6.07, 6.45) is 0.173. The number of amides is 1. The number of hydrogen-bond acceptors (Lipinski definition) is 4. The van der Waals surface area contributed by atoms with Gasteiger partial charge in [0.05, 0.1) is 18.7 Å². The minimum Gasteiger partial charge on any atom is -0.491 e. The number of ether oxygens (including phenoxy) is 1. The van der Waals surface area contributed by atoms with Gasteiger partial charge >= 0.3 is 10.2 Å². The summed E-state index contributed by atoms with van der Waals surface area (Å²) in [6, 6.07) is 3.44. The van der Waals surface area contributed by atoms with E-state index in [0.29, 0.717) is 5.75 Å². The fourth-order valence-corrected chi connectivity index (χ4v) is 1.84. The number of carbonyl (C=O) groups excluding carboxylic acids is 1. The van der Waals surface area contributed by atoms with Crippen molar-refractivity contribution in [3.63, 3.8) is 0 Å². The number of nitrogens with one attached hydrogen (secondary N) is 1. The van der Waals surface area contributed by atoms with Crippen LogP contribution in [0.1, 0.15) is 6.42 Å². The monoisotopic (exact) mass is 245 g/mol. The SMILES string of the molecule is O=C1CCOc2ccc(S(=O)(=O)F)cc2N1. The van der Waals surface area contributed by atoms with Crippen molar-refractivity contribution >= 4 is 21.8 Å². The van der Waals surface area contributed by atoms with Crippen molar-refractivity contribution in [3.05, 3.63) is 18.2 Å². The molecule has 1 heterocycles. The van der Waals surface area contributed by atoms with Gasteiger partial charge in [0.1, 0.15) is 10.6 Å². The summed E-state index contributed by atoms with van der Waals surface area (Å²) < 4.78 is 39.2. The maximum atomic E-state index is 12.7. The summed E-state index contributed by atoms with van der Waals surface area (Å²) in [5.74, 6) is 0.0328. The molecule has 5 nitrogen and oxygen atoms in total. The molecule has 1 aromatic rings. The number of halogens is 1. The van der Waals surface area contributed by atoms with Gasteiger partial charge in [-0.05, 0) is 18.2 Å². The maximum Gasteiger partial charge on any atom is 0.332 e. The average molecular weight is 245 g/mol. The molecule has 0 bridgehead atoms. The van der Waals surface area contributed by atoms with Crippen molar-refractivity contribution in [1.29, 1.82) is 0 Å². The molecule has 1 aliphatic heterocycles. The second-order valence-corrected chi connectivity index (χ2v) is 4.59. The highest BCUT2D eigenvalue weighted by molar-refractivity contribution is 7.86. The number of rotatable bonds is 1. The summed E-state index contributed by atoms with van der Waals surface area (Å²) in [4.78, 5) is 10.7. The van der Waals surface area contributed by atoms with Crippen LogP contribution in [0, 0.1) is 0 Å². The normalized spacial score (nSPS) is 15.7. The maximum absolute atomic E-state index is 12.7. The van der Waals surface area contributed by atoms with Gasteiger partial charge in [0, 0.05) is 0 Å². The molecule has 7 heteroatoms. The first-order valence-electron chi connectivity index (χ1n) is 4.48. The van der Waals surface area contributed by atoms with Crippen molar-refractivity contribution in [3.8, 4) is 5.75 Å². The van der Waals surface area contributed by atoms with Gasteiger partial charge in [-0.15, -0.1) is 3.89 Å². The Morgan fingerprint density at radius 3 is 2.81 bits per heavy atom. The summed E-state index contributed by atoms with van der Waals surface area (Å²) in [6.45, 7) is 0.209. The Kier molecular flexibility index (Phi) is 2.55. The fraction of sp³-hybridized carbons (Fsp3) is 0.222. The van der Waals surface area contributed by atoms with E-state index in [2.05, 4.69) is 5.32 Å². The molecule has 0 spiro atoms. The van der Waals surface area contributed by atoms with Crippen molar-refractivity contribution in [1.82, 2.24) is 0 Å². The number of hydrogen-bond donors (Lipinski definition) is 1. The van der Waals surface area contributed by atoms with Crippen molar-refractivity contribution < 1.29 is 21.8 Å². The molecular formula is C9H8FNO4S. The van der Waals surface area contributed by atoms with Crippen molar-refractivity contribution in [2.24, 2.45) is 0 Å². The third-order valence-electron chi connectivity index (χ3n) is 2.09. The van der Waals surface area contributed by atoms with Crippen molar-refractivity contribution in [2.75, 3.05) is 11.9 Å².